The molecule has 0 bridgehead atoms. The zero-order valence-electron chi connectivity index (χ0n) is 13.1. The summed E-state index contributed by atoms with van der Waals surface area (Å²) >= 11 is 0. The highest BCUT2D eigenvalue weighted by molar-refractivity contribution is 5.39. The van der Waals surface area contributed by atoms with E-state index in [0.29, 0.717) is 12.5 Å². The lowest BCUT2D eigenvalue weighted by atomic mass is 10.2. The molecular formula is C16H29N3O. The van der Waals surface area contributed by atoms with E-state index in [-0.39, 0.29) is 6.61 Å². The number of nitrogens with one attached hydrogen (secondary N) is 1. The lowest BCUT2D eigenvalue weighted by Crippen LogP contribution is -2.28. The Hall–Kier alpha value is -1.13. The standard InChI is InChI=1S/C16H29N3O/c1-4-5-8-19(9-10-20)16-7-6-15(13-18-16)12-17-11-14(2)3/h6-7,13-14,17,20H,4-5,8-12H2,1-3H3. The molecule has 1 rings (SSSR count). The van der Waals surface area contributed by atoms with Crippen molar-refractivity contribution in [1.29, 1.82) is 0 Å². The highest BCUT2D eigenvalue weighted by Crippen LogP contribution is 2.12. The molecule has 0 saturated heterocycles. The summed E-state index contributed by atoms with van der Waals surface area (Å²) in [5, 5.41) is 12.6. The molecule has 0 aliphatic rings. The fourth-order valence-electron chi connectivity index (χ4n) is 2.02. The molecular weight excluding hydrogens is 250 g/mol. The van der Waals surface area contributed by atoms with Crippen LogP contribution in [0.25, 0.3) is 0 Å². The molecule has 0 spiro atoms. The van der Waals surface area contributed by atoms with Crippen LogP contribution in [0.1, 0.15) is 39.2 Å². The number of hydrogen-bond donors (Lipinski definition) is 2. The molecule has 114 valence electrons. The summed E-state index contributed by atoms with van der Waals surface area (Å²) in [4.78, 5) is 6.67. The minimum absolute atomic E-state index is 0.170. The fraction of sp³-hybridized carbons (Fsp3) is 0.688. The molecule has 0 unspecified atom stereocenters. The van der Waals surface area contributed by atoms with Gasteiger partial charge < -0.3 is 15.3 Å². The molecule has 1 aromatic rings. The van der Waals surface area contributed by atoms with Crippen molar-refractivity contribution in [3.63, 3.8) is 0 Å². The first-order chi connectivity index (χ1) is 9.67. The van der Waals surface area contributed by atoms with Crippen molar-refractivity contribution in [3.05, 3.63) is 23.9 Å². The van der Waals surface area contributed by atoms with Gasteiger partial charge in [0.25, 0.3) is 0 Å². The normalized spacial score (nSPS) is 11.1. The molecule has 1 heterocycles. The maximum absolute atomic E-state index is 9.14. The molecule has 0 aromatic carbocycles. The summed E-state index contributed by atoms with van der Waals surface area (Å²) in [7, 11) is 0. The van der Waals surface area contributed by atoms with Crippen molar-refractivity contribution < 1.29 is 5.11 Å². The minimum atomic E-state index is 0.170. The number of pyridine rings is 1. The second-order valence-corrected chi connectivity index (χ2v) is 5.61. The van der Waals surface area contributed by atoms with E-state index in [1.165, 1.54) is 5.56 Å². The van der Waals surface area contributed by atoms with Crippen LogP contribution >= 0.6 is 0 Å². The summed E-state index contributed by atoms with van der Waals surface area (Å²) in [5.41, 5.74) is 1.20. The maximum atomic E-state index is 9.14. The van der Waals surface area contributed by atoms with Crippen molar-refractivity contribution in [2.75, 3.05) is 31.1 Å². The first-order valence-corrected chi connectivity index (χ1v) is 7.68. The van der Waals surface area contributed by atoms with Gasteiger partial charge >= 0.3 is 0 Å². The van der Waals surface area contributed by atoms with Crippen molar-refractivity contribution in [3.8, 4) is 0 Å². The van der Waals surface area contributed by atoms with Crippen molar-refractivity contribution in [2.45, 2.75) is 40.2 Å². The van der Waals surface area contributed by atoms with Crippen LogP contribution in [-0.2, 0) is 6.54 Å². The van der Waals surface area contributed by atoms with Gasteiger partial charge in [-0.05, 0) is 30.5 Å². The zero-order chi connectivity index (χ0) is 14.8. The lowest BCUT2D eigenvalue weighted by molar-refractivity contribution is 0.301. The Kier molecular flexibility index (Phi) is 8.23. The molecule has 2 N–H and O–H groups in total. The SMILES string of the molecule is CCCCN(CCO)c1ccc(CNCC(C)C)cn1. The Morgan fingerprint density at radius 3 is 2.65 bits per heavy atom. The predicted molar refractivity (Wildman–Crippen MR) is 85.0 cm³/mol. The van der Waals surface area contributed by atoms with Gasteiger partial charge in [0.05, 0.1) is 6.61 Å². The molecule has 0 aliphatic carbocycles. The number of aliphatic hydroxyl groups is 1. The Morgan fingerprint density at radius 2 is 2.10 bits per heavy atom. The third-order valence-corrected chi connectivity index (χ3v) is 3.17. The third kappa shape index (κ3) is 6.35. The van der Waals surface area contributed by atoms with Crippen molar-refractivity contribution >= 4 is 5.82 Å². The largest absolute Gasteiger partial charge is 0.395 e. The fourth-order valence-corrected chi connectivity index (χ4v) is 2.02. The summed E-state index contributed by atoms with van der Waals surface area (Å²) in [5.74, 6) is 1.62. The summed E-state index contributed by atoms with van der Waals surface area (Å²) < 4.78 is 0. The topological polar surface area (TPSA) is 48.4 Å². The van der Waals surface area contributed by atoms with E-state index in [1.54, 1.807) is 0 Å². The van der Waals surface area contributed by atoms with Gasteiger partial charge in [-0.1, -0.05) is 33.3 Å². The van der Waals surface area contributed by atoms with E-state index >= 15 is 0 Å². The van der Waals surface area contributed by atoms with E-state index in [9.17, 15) is 0 Å². The van der Waals surface area contributed by atoms with Gasteiger partial charge in [-0.2, -0.15) is 0 Å². The maximum Gasteiger partial charge on any atom is 0.128 e. The number of unbranched alkanes of at least 4 members (excludes halogenated alkanes) is 1. The number of nitrogens with zero attached hydrogens (tertiary/aromatic N) is 2. The number of anilines is 1. The highest BCUT2D eigenvalue weighted by atomic mass is 16.3. The van der Waals surface area contributed by atoms with Gasteiger partial charge in [-0.15, -0.1) is 0 Å². The lowest BCUT2D eigenvalue weighted by Gasteiger charge is -2.22. The molecule has 0 amide bonds. The van der Waals surface area contributed by atoms with Crippen LogP contribution in [0, 0.1) is 5.92 Å². The van der Waals surface area contributed by atoms with E-state index in [2.05, 4.69) is 48.1 Å². The predicted octanol–water partition coefficient (Wildman–Crippen LogP) is 2.43. The second-order valence-electron chi connectivity index (χ2n) is 5.61. The van der Waals surface area contributed by atoms with Crippen molar-refractivity contribution in [2.24, 2.45) is 5.92 Å². The Balaban J connectivity index is 2.53. The average Bonchev–Trinajstić information content (AvgIpc) is 2.44. The molecule has 0 radical (unpaired) electrons. The monoisotopic (exact) mass is 279 g/mol. The Morgan fingerprint density at radius 1 is 1.30 bits per heavy atom. The van der Waals surface area contributed by atoms with Crippen LogP contribution in [0.5, 0.6) is 0 Å². The van der Waals surface area contributed by atoms with Gasteiger partial charge in [-0.25, -0.2) is 4.98 Å². The van der Waals surface area contributed by atoms with Gasteiger partial charge in [0.15, 0.2) is 0 Å². The van der Waals surface area contributed by atoms with E-state index < -0.39 is 0 Å². The van der Waals surface area contributed by atoms with Crippen LogP contribution in [0.15, 0.2) is 18.3 Å². The van der Waals surface area contributed by atoms with E-state index in [4.69, 9.17) is 5.11 Å². The zero-order valence-corrected chi connectivity index (χ0v) is 13.1. The average molecular weight is 279 g/mol. The first-order valence-electron chi connectivity index (χ1n) is 7.68. The summed E-state index contributed by atoms with van der Waals surface area (Å²) in [6, 6.07) is 4.17. The summed E-state index contributed by atoms with van der Waals surface area (Å²) in [6.07, 6.45) is 4.21. The smallest absolute Gasteiger partial charge is 0.128 e. The Bertz CT molecular complexity index is 351. The van der Waals surface area contributed by atoms with Crippen LogP contribution in [-0.4, -0.2) is 36.3 Å². The molecule has 1 aromatic heterocycles. The molecule has 0 atom stereocenters. The third-order valence-electron chi connectivity index (χ3n) is 3.17. The second kappa shape index (κ2) is 9.72. The quantitative estimate of drug-likeness (QED) is 0.690. The van der Waals surface area contributed by atoms with E-state index in [1.807, 2.05) is 6.20 Å². The van der Waals surface area contributed by atoms with Gasteiger partial charge in [0.2, 0.25) is 0 Å². The molecule has 4 nitrogen and oxygen atoms in total. The number of rotatable bonds is 10. The molecule has 0 saturated carbocycles. The number of hydrogen-bond acceptors (Lipinski definition) is 4. The Labute approximate surface area is 123 Å². The summed E-state index contributed by atoms with van der Waals surface area (Å²) in [6.45, 7) is 10.2. The van der Waals surface area contributed by atoms with Crippen LogP contribution in [0.4, 0.5) is 5.82 Å². The van der Waals surface area contributed by atoms with Gasteiger partial charge in [0.1, 0.15) is 5.82 Å². The van der Waals surface area contributed by atoms with Crippen LogP contribution in [0.3, 0.4) is 0 Å². The molecule has 4 heteroatoms. The number of aromatic nitrogens is 1. The minimum Gasteiger partial charge on any atom is -0.395 e. The number of aliphatic hydroxyl groups excluding tert-OH is 1. The molecule has 20 heavy (non-hydrogen) atoms. The van der Waals surface area contributed by atoms with Crippen molar-refractivity contribution in [1.82, 2.24) is 10.3 Å². The van der Waals surface area contributed by atoms with Crippen LogP contribution in [0.2, 0.25) is 0 Å². The highest BCUT2D eigenvalue weighted by Gasteiger charge is 2.06. The molecule has 0 fully saturated rings. The van der Waals surface area contributed by atoms with E-state index in [0.717, 1.165) is 38.3 Å². The molecule has 0 aliphatic heterocycles. The van der Waals surface area contributed by atoms with Crippen LogP contribution < -0.4 is 10.2 Å². The van der Waals surface area contributed by atoms with Gasteiger partial charge in [0, 0.05) is 25.8 Å². The van der Waals surface area contributed by atoms with Gasteiger partial charge in [-0.3, -0.25) is 0 Å². The first kappa shape index (κ1) is 16.9.